The van der Waals surface area contributed by atoms with Crippen LogP contribution in [0.1, 0.15) is 41.4 Å². The summed E-state index contributed by atoms with van der Waals surface area (Å²) in [6, 6.07) is 19.6. The van der Waals surface area contributed by atoms with Crippen molar-refractivity contribution in [3.8, 4) is 0 Å². The molecule has 0 fully saturated rings. The largest absolute Gasteiger partial charge is 0.345 e. The van der Waals surface area contributed by atoms with Crippen molar-refractivity contribution in [1.82, 2.24) is 9.47 Å². The molecule has 3 nitrogen and oxygen atoms in total. The highest BCUT2D eigenvalue weighted by Gasteiger charge is 2.17. The first-order valence-electron chi connectivity index (χ1n) is 9.50. The number of benzene rings is 2. The zero-order chi connectivity index (χ0) is 19.9. The predicted molar refractivity (Wildman–Crippen MR) is 119 cm³/mol. The lowest BCUT2D eigenvalue weighted by molar-refractivity contribution is 0.0737. The minimum absolute atomic E-state index is 0.0431. The van der Waals surface area contributed by atoms with Crippen LogP contribution in [0.25, 0.3) is 0 Å². The second-order valence-corrected chi connectivity index (χ2v) is 8.19. The highest BCUT2D eigenvalue weighted by atomic mass is 79.9. The third-order valence-corrected chi connectivity index (χ3v) is 5.48. The zero-order valence-corrected chi connectivity index (χ0v) is 18.3. The molecule has 0 radical (unpaired) electrons. The minimum atomic E-state index is 0.0431. The molecule has 1 amide bonds. The van der Waals surface area contributed by atoms with E-state index >= 15 is 0 Å². The first-order chi connectivity index (χ1) is 13.6. The van der Waals surface area contributed by atoms with Crippen LogP contribution in [0.3, 0.4) is 0 Å². The summed E-state index contributed by atoms with van der Waals surface area (Å²) < 4.78 is 3.28. The van der Waals surface area contributed by atoms with E-state index in [2.05, 4.69) is 63.9 Å². The first-order valence-corrected chi connectivity index (χ1v) is 10.7. The number of amides is 1. The third-order valence-electron chi connectivity index (χ3n) is 4.70. The molecule has 0 aliphatic carbocycles. The van der Waals surface area contributed by atoms with Crippen LogP contribution >= 0.6 is 27.5 Å². The number of unbranched alkanes of at least 4 members (excludes halogenated alkanes) is 1. The average molecular weight is 460 g/mol. The minimum Gasteiger partial charge on any atom is -0.345 e. The lowest BCUT2D eigenvalue weighted by atomic mass is 10.1. The van der Waals surface area contributed by atoms with Crippen molar-refractivity contribution in [3.63, 3.8) is 0 Å². The number of hydrogen-bond acceptors (Lipinski definition) is 1. The van der Waals surface area contributed by atoms with Gasteiger partial charge in [-0.15, -0.1) is 0 Å². The third kappa shape index (κ3) is 5.49. The van der Waals surface area contributed by atoms with Gasteiger partial charge < -0.3 is 9.47 Å². The molecule has 28 heavy (non-hydrogen) atoms. The molecule has 0 atom stereocenters. The second-order valence-electron chi connectivity index (χ2n) is 6.84. The van der Waals surface area contributed by atoms with E-state index in [9.17, 15) is 4.79 Å². The van der Waals surface area contributed by atoms with Gasteiger partial charge in [0, 0.05) is 40.0 Å². The Hall–Kier alpha value is -2.04. The molecule has 3 rings (SSSR count). The van der Waals surface area contributed by atoms with Gasteiger partial charge in [-0.05, 0) is 60.5 Å². The monoisotopic (exact) mass is 458 g/mol. The summed E-state index contributed by atoms with van der Waals surface area (Å²) in [5.41, 5.74) is 3.03. The molecular weight excluding hydrogens is 436 g/mol. The summed E-state index contributed by atoms with van der Waals surface area (Å²) in [5, 5.41) is 0.639. The van der Waals surface area contributed by atoms with E-state index in [0.717, 1.165) is 36.1 Å². The maximum atomic E-state index is 13.1. The van der Waals surface area contributed by atoms with Gasteiger partial charge in [0.05, 0.1) is 6.54 Å². The summed E-state index contributed by atoms with van der Waals surface area (Å²) in [4.78, 5) is 15.0. The van der Waals surface area contributed by atoms with Crippen LogP contribution in [0.2, 0.25) is 5.02 Å². The smallest absolute Gasteiger partial charge is 0.254 e. The molecule has 2 aromatic carbocycles. The second kappa shape index (κ2) is 9.94. The van der Waals surface area contributed by atoms with Crippen molar-refractivity contribution < 1.29 is 4.79 Å². The van der Waals surface area contributed by atoms with Crippen molar-refractivity contribution in [1.29, 1.82) is 0 Å². The summed E-state index contributed by atoms with van der Waals surface area (Å²) in [6.07, 6.45) is 4.10. The molecule has 3 aromatic rings. The topological polar surface area (TPSA) is 25.2 Å². The summed E-state index contributed by atoms with van der Waals surface area (Å²) >= 11 is 9.45. The van der Waals surface area contributed by atoms with E-state index in [4.69, 9.17) is 11.6 Å². The van der Waals surface area contributed by atoms with Gasteiger partial charge in [0.25, 0.3) is 5.91 Å². The number of halogens is 2. The molecule has 146 valence electrons. The van der Waals surface area contributed by atoms with Gasteiger partial charge in [-0.25, -0.2) is 0 Å². The fourth-order valence-corrected chi connectivity index (χ4v) is 3.50. The summed E-state index contributed by atoms with van der Waals surface area (Å²) in [7, 11) is 0. The Kier molecular flexibility index (Phi) is 7.35. The number of rotatable bonds is 8. The lowest BCUT2D eigenvalue weighted by Gasteiger charge is -2.24. The number of aromatic nitrogens is 1. The molecule has 0 saturated heterocycles. The molecule has 0 aliphatic rings. The van der Waals surface area contributed by atoms with Gasteiger partial charge >= 0.3 is 0 Å². The van der Waals surface area contributed by atoms with Crippen LogP contribution in [0.5, 0.6) is 0 Å². The van der Waals surface area contributed by atoms with Crippen molar-refractivity contribution in [2.45, 2.75) is 32.9 Å². The highest BCUT2D eigenvalue weighted by molar-refractivity contribution is 9.10. The van der Waals surface area contributed by atoms with Crippen molar-refractivity contribution in [2.75, 3.05) is 6.54 Å². The molecule has 0 unspecified atom stereocenters. The van der Waals surface area contributed by atoms with Gasteiger partial charge in [-0.3, -0.25) is 4.79 Å². The SMILES string of the molecule is CCCCN(Cc1cccn1Cc1ccc(Br)cc1)C(=O)c1ccc(Cl)cc1. The molecule has 0 aliphatic heterocycles. The molecule has 0 N–H and O–H groups in total. The Balaban J connectivity index is 1.77. The van der Waals surface area contributed by atoms with Crippen molar-refractivity contribution >= 4 is 33.4 Å². The van der Waals surface area contributed by atoms with Gasteiger partial charge in [0.1, 0.15) is 0 Å². The van der Waals surface area contributed by atoms with Gasteiger partial charge in [0.2, 0.25) is 0 Å². The van der Waals surface area contributed by atoms with E-state index in [1.54, 1.807) is 24.3 Å². The van der Waals surface area contributed by atoms with Crippen LogP contribution < -0.4 is 0 Å². The number of nitrogens with zero attached hydrogens (tertiary/aromatic N) is 2. The molecule has 5 heteroatoms. The van der Waals surface area contributed by atoms with E-state index in [-0.39, 0.29) is 5.91 Å². The Morgan fingerprint density at radius 3 is 2.46 bits per heavy atom. The fraction of sp³-hybridized carbons (Fsp3) is 0.261. The quantitative estimate of drug-likeness (QED) is 0.383. The lowest BCUT2D eigenvalue weighted by Crippen LogP contribution is -2.32. The van der Waals surface area contributed by atoms with E-state index in [1.807, 2.05) is 11.0 Å². The number of carbonyl (C=O) groups is 1. The van der Waals surface area contributed by atoms with Crippen LogP contribution in [-0.2, 0) is 13.1 Å². The standard InChI is InChI=1S/C23H24BrClN2O/c1-2-3-14-27(23(28)19-8-12-21(25)13-9-19)17-22-5-4-15-26(22)16-18-6-10-20(24)11-7-18/h4-13,15H,2-3,14,16-17H2,1H3. The average Bonchev–Trinajstić information content (AvgIpc) is 3.13. The van der Waals surface area contributed by atoms with Crippen molar-refractivity contribution in [3.05, 3.63) is 93.2 Å². The zero-order valence-electron chi connectivity index (χ0n) is 15.9. The Morgan fingerprint density at radius 2 is 1.79 bits per heavy atom. The number of hydrogen-bond donors (Lipinski definition) is 0. The maximum Gasteiger partial charge on any atom is 0.254 e. The summed E-state index contributed by atoms with van der Waals surface area (Å²) in [5.74, 6) is 0.0431. The molecule has 0 saturated carbocycles. The molecule has 0 bridgehead atoms. The van der Waals surface area contributed by atoms with Crippen molar-refractivity contribution in [2.24, 2.45) is 0 Å². The fourth-order valence-electron chi connectivity index (χ4n) is 3.11. The Bertz CT molecular complexity index is 903. The van der Waals surface area contributed by atoms with E-state index < -0.39 is 0 Å². The first kappa shape index (κ1) is 20.7. The number of carbonyl (C=O) groups excluding carboxylic acids is 1. The van der Waals surface area contributed by atoms with Crippen LogP contribution in [0, 0.1) is 0 Å². The predicted octanol–water partition coefficient (Wildman–Crippen LogP) is 6.39. The molecule has 0 spiro atoms. The molecular formula is C23H24BrClN2O. The molecule has 1 aromatic heterocycles. The van der Waals surface area contributed by atoms with Crippen LogP contribution in [0.4, 0.5) is 0 Å². The van der Waals surface area contributed by atoms with Crippen LogP contribution in [-0.4, -0.2) is 21.9 Å². The highest BCUT2D eigenvalue weighted by Crippen LogP contribution is 2.17. The van der Waals surface area contributed by atoms with E-state index in [0.29, 0.717) is 17.1 Å². The van der Waals surface area contributed by atoms with Crippen LogP contribution in [0.15, 0.2) is 71.3 Å². The maximum absolute atomic E-state index is 13.1. The van der Waals surface area contributed by atoms with Gasteiger partial charge in [-0.2, -0.15) is 0 Å². The Labute approximate surface area is 180 Å². The molecule has 1 heterocycles. The van der Waals surface area contributed by atoms with Gasteiger partial charge in [-0.1, -0.05) is 53.0 Å². The van der Waals surface area contributed by atoms with E-state index in [1.165, 1.54) is 5.56 Å². The normalized spacial score (nSPS) is 10.8. The summed E-state index contributed by atoms with van der Waals surface area (Å²) in [6.45, 7) is 4.25. The van der Waals surface area contributed by atoms with Gasteiger partial charge in [0.15, 0.2) is 0 Å². The Morgan fingerprint density at radius 1 is 1.07 bits per heavy atom.